The van der Waals surface area contributed by atoms with Gasteiger partial charge in [0.05, 0.1) is 11.5 Å². The fourth-order valence-corrected chi connectivity index (χ4v) is 4.09. The van der Waals surface area contributed by atoms with Crippen LogP contribution in [0.5, 0.6) is 5.75 Å². The van der Waals surface area contributed by atoms with Gasteiger partial charge < -0.3 is 14.8 Å². The standard InChI is InChI=1S/C17H19F2NO6S/c1-11(16(22)20-13-8-9-27(23,24)10-13)25-15(21)7-4-12-2-5-14(6-3-12)26-17(18)19/h2-7,11,13,17H,8-10H2,1H3,(H,20,22)/b7-4+/t11-,13-/m1/s1. The third-order valence-corrected chi connectivity index (χ3v) is 5.53. The van der Waals surface area contributed by atoms with Crippen molar-refractivity contribution in [1.29, 1.82) is 0 Å². The Morgan fingerprint density at radius 3 is 2.48 bits per heavy atom. The maximum Gasteiger partial charge on any atom is 0.387 e. The molecule has 1 saturated heterocycles. The Morgan fingerprint density at radius 2 is 1.93 bits per heavy atom. The molecule has 10 heteroatoms. The van der Waals surface area contributed by atoms with Crippen LogP contribution in [0.25, 0.3) is 6.08 Å². The van der Waals surface area contributed by atoms with Gasteiger partial charge in [-0.1, -0.05) is 12.1 Å². The molecule has 7 nitrogen and oxygen atoms in total. The van der Waals surface area contributed by atoms with Gasteiger partial charge in [-0.2, -0.15) is 8.78 Å². The number of hydrogen-bond acceptors (Lipinski definition) is 6. The quantitative estimate of drug-likeness (QED) is 0.548. The van der Waals surface area contributed by atoms with E-state index in [1.54, 1.807) is 0 Å². The largest absolute Gasteiger partial charge is 0.449 e. The van der Waals surface area contributed by atoms with E-state index in [2.05, 4.69) is 10.1 Å². The molecule has 0 unspecified atom stereocenters. The van der Waals surface area contributed by atoms with Gasteiger partial charge in [0, 0.05) is 12.1 Å². The van der Waals surface area contributed by atoms with E-state index in [1.807, 2.05) is 0 Å². The number of sulfone groups is 1. The average Bonchev–Trinajstić information content (AvgIpc) is 2.92. The number of hydrogen-bond donors (Lipinski definition) is 1. The zero-order valence-electron chi connectivity index (χ0n) is 14.4. The summed E-state index contributed by atoms with van der Waals surface area (Å²) < 4.78 is 56.1. The SMILES string of the molecule is C[C@@H](OC(=O)/C=C/c1ccc(OC(F)F)cc1)C(=O)N[C@@H]1CCS(=O)(=O)C1. The highest BCUT2D eigenvalue weighted by Crippen LogP contribution is 2.16. The molecule has 1 aromatic carbocycles. The summed E-state index contributed by atoms with van der Waals surface area (Å²) in [5, 5.41) is 2.54. The predicted octanol–water partition coefficient (Wildman–Crippen LogP) is 1.54. The topological polar surface area (TPSA) is 98.8 Å². The third kappa shape index (κ3) is 6.97. The lowest BCUT2D eigenvalue weighted by atomic mass is 10.2. The van der Waals surface area contributed by atoms with Crippen LogP contribution >= 0.6 is 0 Å². The lowest BCUT2D eigenvalue weighted by Crippen LogP contribution is -2.42. The number of alkyl halides is 2. The second kappa shape index (κ2) is 8.94. The summed E-state index contributed by atoms with van der Waals surface area (Å²) in [5.74, 6) is -1.46. The molecule has 0 spiro atoms. The highest BCUT2D eigenvalue weighted by atomic mass is 32.2. The Morgan fingerprint density at radius 1 is 1.26 bits per heavy atom. The van der Waals surface area contributed by atoms with E-state index in [4.69, 9.17) is 4.74 Å². The van der Waals surface area contributed by atoms with Gasteiger partial charge in [-0.3, -0.25) is 4.79 Å². The molecule has 1 amide bonds. The minimum Gasteiger partial charge on any atom is -0.449 e. The summed E-state index contributed by atoms with van der Waals surface area (Å²) in [6.45, 7) is -1.54. The van der Waals surface area contributed by atoms with Gasteiger partial charge in [-0.05, 0) is 37.1 Å². The van der Waals surface area contributed by atoms with E-state index in [0.29, 0.717) is 12.0 Å². The normalized spacial score (nSPS) is 19.8. The van der Waals surface area contributed by atoms with Crippen LogP contribution in [0.15, 0.2) is 30.3 Å². The molecular formula is C17H19F2NO6S. The molecule has 2 rings (SSSR count). The van der Waals surface area contributed by atoms with Crippen molar-refractivity contribution in [1.82, 2.24) is 5.32 Å². The number of nitrogens with one attached hydrogen (secondary N) is 1. The summed E-state index contributed by atoms with van der Waals surface area (Å²) in [6.07, 6.45) is 1.72. The van der Waals surface area contributed by atoms with Crippen LogP contribution in [0, 0.1) is 0 Å². The highest BCUT2D eigenvalue weighted by molar-refractivity contribution is 7.91. The minimum absolute atomic E-state index is 0.0102. The molecule has 0 aromatic heterocycles. The fraction of sp³-hybridized carbons (Fsp3) is 0.412. The highest BCUT2D eigenvalue weighted by Gasteiger charge is 2.30. The van der Waals surface area contributed by atoms with E-state index >= 15 is 0 Å². The fourth-order valence-electron chi connectivity index (χ4n) is 2.42. The van der Waals surface area contributed by atoms with Gasteiger partial charge in [0.25, 0.3) is 5.91 Å². The number of ether oxygens (including phenoxy) is 2. The van der Waals surface area contributed by atoms with Crippen molar-refractivity contribution < 1.29 is 36.3 Å². The van der Waals surface area contributed by atoms with Crippen LogP contribution in [0.2, 0.25) is 0 Å². The van der Waals surface area contributed by atoms with Crippen LogP contribution in [0.3, 0.4) is 0 Å². The van der Waals surface area contributed by atoms with E-state index in [0.717, 1.165) is 6.08 Å². The number of esters is 1. The van der Waals surface area contributed by atoms with Gasteiger partial charge in [0.1, 0.15) is 5.75 Å². The maximum atomic E-state index is 12.1. The van der Waals surface area contributed by atoms with Crippen molar-refractivity contribution in [2.45, 2.75) is 32.1 Å². The smallest absolute Gasteiger partial charge is 0.387 e. The molecule has 27 heavy (non-hydrogen) atoms. The number of benzene rings is 1. The first-order valence-corrected chi connectivity index (χ1v) is 9.91. The van der Waals surface area contributed by atoms with Crippen LogP contribution in [0.4, 0.5) is 8.78 Å². The number of halogens is 2. The molecule has 1 aliphatic rings. The van der Waals surface area contributed by atoms with Crippen molar-refractivity contribution in [2.24, 2.45) is 0 Å². The van der Waals surface area contributed by atoms with Crippen LogP contribution in [-0.2, 0) is 24.2 Å². The Hall–Kier alpha value is -2.49. The average molecular weight is 403 g/mol. The Balaban J connectivity index is 1.81. The van der Waals surface area contributed by atoms with Gasteiger partial charge in [0.15, 0.2) is 15.9 Å². The molecule has 1 fully saturated rings. The van der Waals surface area contributed by atoms with E-state index in [-0.39, 0.29) is 17.3 Å². The zero-order valence-corrected chi connectivity index (χ0v) is 15.2. The van der Waals surface area contributed by atoms with E-state index in [1.165, 1.54) is 37.3 Å². The Bertz CT molecular complexity index is 807. The minimum atomic E-state index is -3.12. The Labute approximate surface area is 155 Å². The summed E-state index contributed by atoms with van der Waals surface area (Å²) >= 11 is 0. The predicted molar refractivity (Wildman–Crippen MR) is 92.9 cm³/mol. The summed E-state index contributed by atoms with van der Waals surface area (Å²) in [4.78, 5) is 23.7. The van der Waals surface area contributed by atoms with Crippen LogP contribution in [0.1, 0.15) is 18.9 Å². The molecule has 0 radical (unpaired) electrons. The monoisotopic (exact) mass is 403 g/mol. The molecule has 1 aromatic rings. The molecule has 1 N–H and O–H groups in total. The first-order valence-electron chi connectivity index (χ1n) is 8.09. The molecule has 2 atom stereocenters. The van der Waals surface area contributed by atoms with Gasteiger partial charge in [-0.15, -0.1) is 0 Å². The van der Waals surface area contributed by atoms with Crippen LogP contribution < -0.4 is 10.1 Å². The molecule has 0 saturated carbocycles. The summed E-state index contributed by atoms with van der Waals surface area (Å²) in [7, 11) is -3.12. The first-order chi connectivity index (χ1) is 12.6. The summed E-state index contributed by atoms with van der Waals surface area (Å²) in [6, 6.07) is 5.11. The molecule has 1 heterocycles. The Kier molecular flexibility index (Phi) is 6.89. The summed E-state index contributed by atoms with van der Waals surface area (Å²) in [5.41, 5.74) is 0.543. The van der Waals surface area contributed by atoms with Gasteiger partial charge in [0.2, 0.25) is 0 Å². The molecular weight excluding hydrogens is 384 g/mol. The second-order valence-corrected chi connectivity index (χ2v) is 8.20. The van der Waals surface area contributed by atoms with Crippen molar-refractivity contribution in [2.75, 3.05) is 11.5 Å². The zero-order chi connectivity index (χ0) is 20.0. The van der Waals surface area contributed by atoms with Crippen molar-refractivity contribution in [3.8, 4) is 5.75 Å². The second-order valence-electron chi connectivity index (χ2n) is 5.97. The van der Waals surface area contributed by atoms with Crippen LogP contribution in [-0.4, -0.2) is 50.6 Å². The van der Waals surface area contributed by atoms with E-state index < -0.39 is 40.5 Å². The lowest BCUT2D eigenvalue weighted by Gasteiger charge is -2.15. The molecule has 0 aliphatic carbocycles. The third-order valence-electron chi connectivity index (χ3n) is 3.76. The molecule has 1 aliphatic heterocycles. The van der Waals surface area contributed by atoms with Crippen molar-refractivity contribution in [3.05, 3.63) is 35.9 Å². The number of amides is 1. The number of rotatable bonds is 7. The lowest BCUT2D eigenvalue weighted by molar-refractivity contribution is -0.150. The number of carbonyl (C=O) groups is 2. The number of carbonyl (C=O) groups excluding carboxylic acids is 2. The molecule has 0 bridgehead atoms. The first kappa shape index (κ1) is 20.8. The van der Waals surface area contributed by atoms with Gasteiger partial charge >= 0.3 is 12.6 Å². The van der Waals surface area contributed by atoms with Crippen molar-refractivity contribution in [3.63, 3.8) is 0 Å². The van der Waals surface area contributed by atoms with E-state index in [9.17, 15) is 26.8 Å². The van der Waals surface area contributed by atoms with Crippen molar-refractivity contribution >= 4 is 27.8 Å². The molecule has 148 valence electrons. The maximum absolute atomic E-state index is 12.1. The van der Waals surface area contributed by atoms with Gasteiger partial charge in [-0.25, -0.2) is 13.2 Å².